The molecule has 1 fully saturated rings. The third-order valence-electron chi connectivity index (χ3n) is 7.41. The molecule has 5 nitrogen and oxygen atoms in total. The summed E-state index contributed by atoms with van der Waals surface area (Å²) in [6, 6.07) is 34.2. The Morgan fingerprint density at radius 3 is 2.23 bits per heavy atom. The maximum Gasteiger partial charge on any atom is 0.272 e. The number of carbonyl (C=O) groups excluding carboxylic acids is 1. The zero-order chi connectivity index (χ0) is 30.4. The number of hydrogen-bond donors (Lipinski definition) is 2. The number of halogens is 3. The van der Waals surface area contributed by atoms with Crippen LogP contribution in [0.2, 0.25) is 0 Å². The predicted octanol–water partition coefficient (Wildman–Crippen LogP) is 8.42. The van der Waals surface area contributed by atoms with E-state index in [1.54, 1.807) is 11.8 Å². The van der Waals surface area contributed by atoms with Crippen molar-refractivity contribution < 1.29 is 19.4 Å². The van der Waals surface area contributed by atoms with E-state index in [1.807, 2.05) is 84.9 Å². The van der Waals surface area contributed by atoms with Crippen LogP contribution in [0.15, 0.2) is 108 Å². The highest BCUT2D eigenvalue weighted by atomic mass is 35.6. The fourth-order valence-electron chi connectivity index (χ4n) is 5.01. The summed E-state index contributed by atoms with van der Waals surface area (Å²) < 4.78 is 11.3. The van der Waals surface area contributed by atoms with Gasteiger partial charge in [-0.25, -0.2) is 0 Å². The van der Waals surface area contributed by atoms with Crippen LogP contribution in [0.3, 0.4) is 0 Å². The fourth-order valence-corrected chi connectivity index (χ4v) is 6.30. The first kappa shape index (κ1) is 31.9. The average molecular weight is 657 g/mol. The quantitative estimate of drug-likeness (QED) is 0.140. The number of benzene rings is 4. The molecular weight excluding hydrogens is 625 g/mol. The van der Waals surface area contributed by atoms with Crippen molar-refractivity contribution in [2.24, 2.45) is 5.92 Å². The van der Waals surface area contributed by atoms with Crippen molar-refractivity contribution in [3.8, 4) is 11.1 Å². The standard InChI is InChI=1S/C34H32Cl3NO4S/c1-22-30(21-43-29-11-3-2-4-12-29)41-32(42-31(22)25-15-13-23(20-39)14-16-25)28-10-6-9-27(18-28)26-8-5-7-24(17-26)19-38-33(40)34(35,36)37/h2-18,22,30-32,39H,19-21H2,1H3,(H,38,40). The van der Waals surface area contributed by atoms with Gasteiger partial charge >= 0.3 is 0 Å². The zero-order valence-electron chi connectivity index (χ0n) is 23.5. The Hall–Kier alpha value is -2.55. The molecule has 9 heteroatoms. The van der Waals surface area contributed by atoms with Crippen molar-refractivity contribution in [3.05, 3.63) is 125 Å². The highest BCUT2D eigenvalue weighted by Crippen LogP contribution is 2.43. The lowest BCUT2D eigenvalue weighted by Crippen LogP contribution is -2.38. The van der Waals surface area contributed by atoms with Gasteiger partial charge in [0.15, 0.2) is 6.29 Å². The van der Waals surface area contributed by atoms with Crippen LogP contribution in [0.5, 0.6) is 0 Å². The molecule has 224 valence electrons. The number of thioether (sulfide) groups is 1. The third-order valence-corrected chi connectivity index (χ3v) is 9.03. The normalized spacial score (nSPS) is 20.5. The van der Waals surface area contributed by atoms with Crippen LogP contribution >= 0.6 is 46.6 Å². The van der Waals surface area contributed by atoms with E-state index in [0.29, 0.717) is 0 Å². The summed E-state index contributed by atoms with van der Waals surface area (Å²) in [5.74, 6) is 0.194. The minimum Gasteiger partial charge on any atom is -0.392 e. The highest BCUT2D eigenvalue weighted by molar-refractivity contribution is 7.99. The molecule has 0 aromatic heterocycles. The molecule has 43 heavy (non-hydrogen) atoms. The van der Waals surface area contributed by atoms with E-state index in [0.717, 1.165) is 39.1 Å². The van der Waals surface area contributed by atoms with Crippen molar-refractivity contribution in [2.45, 2.75) is 47.3 Å². The van der Waals surface area contributed by atoms with Crippen LogP contribution in [0.4, 0.5) is 0 Å². The van der Waals surface area contributed by atoms with Gasteiger partial charge in [0.05, 0.1) is 18.8 Å². The Kier molecular flexibility index (Phi) is 10.7. The summed E-state index contributed by atoms with van der Waals surface area (Å²) in [5.41, 5.74) is 5.64. The van der Waals surface area contributed by atoms with Gasteiger partial charge < -0.3 is 19.9 Å². The van der Waals surface area contributed by atoms with Gasteiger partial charge in [-0.1, -0.05) is 121 Å². The average Bonchev–Trinajstić information content (AvgIpc) is 3.03. The van der Waals surface area contributed by atoms with E-state index in [9.17, 15) is 9.90 Å². The molecule has 4 atom stereocenters. The van der Waals surface area contributed by atoms with Gasteiger partial charge in [-0.05, 0) is 52.1 Å². The fraction of sp³-hybridized carbons (Fsp3) is 0.265. The second-order valence-electron chi connectivity index (χ2n) is 10.5. The molecule has 0 radical (unpaired) electrons. The largest absolute Gasteiger partial charge is 0.392 e. The molecule has 4 aromatic carbocycles. The molecule has 1 aliphatic heterocycles. The molecule has 0 bridgehead atoms. The Morgan fingerprint density at radius 1 is 0.837 bits per heavy atom. The van der Waals surface area contributed by atoms with Crippen molar-refractivity contribution in [1.82, 2.24) is 5.32 Å². The van der Waals surface area contributed by atoms with Crippen LogP contribution in [0, 0.1) is 5.92 Å². The lowest BCUT2D eigenvalue weighted by atomic mass is 9.91. The van der Waals surface area contributed by atoms with Gasteiger partial charge in [-0.2, -0.15) is 0 Å². The van der Waals surface area contributed by atoms with E-state index in [1.165, 1.54) is 4.90 Å². The number of alkyl halides is 3. The van der Waals surface area contributed by atoms with Gasteiger partial charge in [0.2, 0.25) is 0 Å². The molecule has 0 aliphatic carbocycles. The summed E-state index contributed by atoms with van der Waals surface area (Å²) in [5, 5.41) is 12.2. The molecular formula is C34H32Cl3NO4S. The van der Waals surface area contributed by atoms with Gasteiger partial charge in [0, 0.05) is 28.7 Å². The first-order chi connectivity index (χ1) is 20.7. The number of aliphatic hydroxyl groups excluding tert-OH is 1. The number of nitrogens with one attached hydrogen (secondary N) is 1. The van der Waals surface area contributed by atoms with E-state index >= 15 is 0 Å². The Morgan fingerprint density at radius 2 is 1.53 bits per heavy atom. The van der Waals surface area contributed by atoms with E-state index in [2.05, 4.69) is 30.4 Å². The minimum atomic E-state index is -2.01. The molecule has 1 amide bonds. The van der Waals surface area contributed by atoms with Gasteiger partial charge in [-0.3, -0.25) is 4.79 Å². The van der Waals surface area contributed by atoms with E-state index < -0.39 is 16.0 Å². The van der Waals surface area contributed by atoms with Crippen LogP contribution in [-0.2, 0) is 27.4 Å². The second-order valence-corrected chi connectivity index (χ2v) is 13.8. The summed E-state index contributed by atoms with van der Waals surface area (Å²) in [6.07, 6.45) is -0.840. The smallest absolute Gasteiger partial charge is 0.272 e. The molecule has 1 heterocycles. The monoisotopic (exact) mass is 655 g/mol. The van der Waals surface area contributed by atoms with Gasteiger partial charge in [0.25, 0.3) is 9.70 Å². The lowest BCUT2D eigenvalue weighted by Gasteiger charge is -2.41. The third kappa shape index (κ3) is 8.34. The highest BCUT2D eigenvalue weighted by Gasteiger charge is 2.38. The van der Waals surface area contributed by atoms with Crippen molar-refractivity contribution in [3.63, 3.8) is 0 Å². The van der Waals surface area contributed by atoms with Crippen molar-refractivity contribution in [2.75, 3.05) is 5.75 Å². The number of aliphatic hydroxyl groups is 1. The number of amides is 1. The molecule has 0 spiro atoms. The maximum atomic E-state index is 12.0. The molecule has 2 N–H and O–H groups in total. The Bertz CT molecular complexity index is 1510. The van der Waals surface area contributed by atoms with Gasteiger partial charge in [-0.15, -0.1) is 11.8 Å². The van der Waals surface area contributed by atoms with Crippen LogP contribution in [0.25, 0.3) is 11.1 Å². The van der Waals surface area contributed by atoms with Crippen LogP contribution in [0.1, 0.15) is 41.6 Å². The van der Waals surface area contributed by atoms with Crippen LogP contribution < -0.4 is 5.32 Å². The lowest BCUT2D eigenvalue weighted by molar-refractivity contribution is -0.268. The summed E-state index contributed by atoms with van der Waals surface area (Å²) in [6.45, 7) is 2.39. The SMILES string of the molecule is CC1C(CSc2ccccc2)OC(c2cccc(-c3cccc(CNC(=O)C(Cl)(Cl)Cl)c3)c2)OC1c1ccc(CO)cc1. The number of carbonyl (C=O) groups is 1. The van der Waals surface area contributed by atoms with Gasteiger partial charge in [0.1, 0.15) is 0 Å². The van der Waals surface area contributed by atoms with Crippen LogP contribution in [-0.4, -0.2) is 26.7 Å². The number of rotatable bonds is 9. The first-order valence-corrected chi connectivity index (χ1v) is 16.1. The summed E-state index contributed by atoms with van der Waals surface area (Å²) in [7, 11) is 0. The van der Waals surface area contributed by atoms with E-state index in [4.69, 9.17) is 44.3 Å². The number of hydrogen-bond acceptors (Lipinski definition) is 5. The molecule has 1 saturated heterocycles. The van der Waals surface area contributed by atoms with Crippen molar-refractivity contribution >= 4 is 52.5 Å². The maximum absolute atomic E-state index is 12.0. The Balaban J connectivity index is 1.38. The van der Waals surface area contributed by atoms with Crippen molar-refractivity contribution in [1.29, 1.82) is 0 Å². The predicted molar refractivity (Wildman–Crippen MR) is 174 cm³/mol. The first-order valence-electron chi connectivity index (χ1n) is 13.9. The summed E-state index contributed by atoms with van der Waals surface area (Å²) in [4.78, 5) is 13.2. The summed E-state index contributed by atoms with van der Waals surface area (Å²) >= 11 is 18.8. The molecule has 1 aliphatic rings. The molecule has 5 rings (SSSR count). The molecule has 4 aromatic rings. The van der Waals surface area contributed by atoms with E-state index in [-0.39, 0.29) is 31.3 Å². The molecule has 4 unspecified atom stereocenters. The zero-order valence-corrected chi connectivity index (χ0v) is 26.5. The second kappa shape index (κ2) is 14.5. The minimum absolute atomic E-state index is 0.00327. The Labute approximate surface area is 271 Å². The topological polar surface area (TPSA) is 67.8 Å². The number of ether oxygens (including phenoxy) is 2. The molecule has 0 saturated carbocycles.